The minimum atomic E-state index is -0.397. The Morgan fingerprint density at radius 2 is 2.27 bits per heavy atom. The van der Waals surface area contributed by atoms with Gasteiger partial charge in [-0.15, -0.1) is 11.3 Å². The molecule has 0 aliphatic carbocycles. The molecule has 0 radical (unpaired) electrons. The summed E-state index contributed by atoms with van der Waals surface area (Å²) in [7, 11) is 0. The molecular formula is C11H10N2OS. The highest BCUT2D eigenvalue weighted by Gasteiger charge is 2.08. The zero-order chi connectivity index (χ0) is 10.8. The van der Waals surface area contributed by atoms with E-state index in [9.17, 15) is 4.79 Å². The fourth-order valence-electron chi connectivity index (χ4n) is 1.39. The minimum Gasteiger partial charge on any atom is -0.366 e. The second-order valence-corrected chi connectivity index (χ2v) is 4.13. The summed E-state index contributed by atoms with van der Waals surface area (Å²) >= 11 is 1.54. The summed E-state index contributed by atoms with van der Waals surface area (Å²) in [6, 6.07) is 5.62. The van der Waals surface area contributed by atoms with Crippen molar-refractivity contribution in [1.29, 1.82) is 0 Å². The van der Waals surface area contributed by atoms with E-state index in [-0.39, 0.29) is 0 Å². The van der Waals surface area contributed by atoms with Gasteiger partial charge in [0, 0.05) is 22.7 Å². The third-order valence-corrected chi connectivity index (χ3v) is 3.00. The molecule has 0 aliphatic heterocycles. The SMILES string of the molecule is Cc1ccc(-c2nccs2)cc1C(N)=O. The van der Waals surface area contributed by atoms with Gasteiger partial charge in [-0.2, -0.15) is 0 Å². The molecule has 0 fully saturated rings. The molecule has 1 aromatic heterocycles. The zero-order valence-electron chi connectivity index (χ0n) is 8.23. The molecule has 0 aliphatic rings. The largest absolute Gasteiger partial charge is 0.366 e. The van der Waals surface area contributed by atoms with Crippen molar-refractivity contribution in [1.82, 2.24) is 4.98 Å². The Morgan fingerprint density at radius 1 is 1.47 bits per heavy atom. The standard InChI is InChI=1S/C11H10N2OS/c1-7-2-3-8(6-9(7)10(12)14)11-13-4-5-15-11/h2-6H,1H3,(H2,12,14). The molecule has 0 atom stereocenters. The Balaban J connectivity index is 2.52. The van der Waals surface area contributed by atoms with Crippen molar-refractivity contribution in [2.75, 3.05) is 0 Å². The lowest BCUT2D eigenvalue weighted by Gasteiger charge is -2.03. The molecular weight excluding hydrogens is 208 g/mol. The molecule has 76 valence electrons. The van der Waals surface area contributed by atoms with E-state index in [4.69, 9.17) is 5.73 Å². The number of amides is 1. The van der Waals surface area contributed by atoms with Crippen LogP contribution in [0.1, 0.15) is 15.9 Å². The molecule has 0 spiro atoms. The van der Waals surface area contributed by atoms with Crippen molar-refractivity contribution in [2.24, 2.45) is 5.73 Å². The molecule has 2 rings (SSSR count). The van der Waals surface area contributed by atoms with Gasteiger partial charge in [-0.25, -0.2) is 4.98 Å². The van der Waals surface area contributed by atoms with Gasteiger partial charge in [-0.3, -0.25) is 4.79 Å². The minimum absolute atomic E-state index is 0.397. The molecule has 4 heteroatoms. The van der Waals surface area contributed by atoms with Gasteiger partial charge in [0.05, 0.1) is 0 Å². The van der Waals surface area contributed by atoms with E-state index >= 15 is 0 Å². The fraction of sp³-hybridized carbons (Fsp3) is 0.0909. The van der Waals surface area contributed by atoms with Gasteiger partial charge in [-0.1, -0.05) is 12.1 Å². The number of carbonyl (C=O) groups is 1. The first-order valence-corrected chi connectivity index (χ1v) is 5.37. The average Bonchev–Trinajstić information content (AvgIpc) is 2.71. The maximum Gasteiger partial charge on any atom is 0.248 e. The van der Waals surface area contributed by atoms with Crippen LogP contribution in [0.3, 0.4) is 0 Å². The first-order valence-electron chi connectivity index (χ1n) is 4.49. The second-order valence-electron chi connectivity index (χ2n) is 3.23. The summed E-state index contributed by atoms with van der Waals surface area (Å²) in [6.07, 6.45) is 1.74. The van der Waals surface area contributed by atoms with Gasteiger partial charge in [-0.05, 0) is 18.6 Å². The molecule has 15 heavy (non-hydrogen) atoms. The topological polar surface area (TPSA) is 56.0 Å². The van der Waals surface area contributed by atoms with Gasteiger partial charge < -0.3 is 5.73 Å². The summed E-state index contributed by atoms with van der Waals surface area (Å²) in [5, 5.41) is 2.80. The lowest BCUT2D eigenvalue weighted by molar-refractivity contribution is 0.1000. The highest BCUT2D eigenvalue weighted by molar-refractivity contribution is 7.13. The Labute approximate surface area is 91.6 Å². The van der Waals surface area contributed by atoms with E-state index in [0.717, 1.165) is 16.1 Å². The highest BCUT2D eigenvalue weighted by Crippen LogP contribution is 2.23. The molecule has 1 amide bonds. The van der Waals surface area contributed by atoms with Gasteiger partial charge in [0.15, 0.2) is 0 Å². The van der Waals surface area contributed by atoms with Crippen LogP contribution in [0.2, 0.25) is 0 Å². The smallest absolute Gasteiger partial charge is 0.248 e. The molecule has 0 saturated carbocycles. The number of carbonyl (C=O) groups excluding carboxylic acids is 1. The number of primary amides is 1. The predicted octanol–water partition coefficient (Wildman–Crippen LogP) is 2.22. The summed E-state index contributed by atoms with van der Waals surface area (Å²) in [4.78, 5) is 15.3. The zero-order valence-corrected chi connectivity index (χ0v) is 9.04. The van der Waals surface area contributed by atoms with Gasteiger partial charge in [0.25, 0.3) is 0 Å². The third-order valence-electron chi connectivity index (χ3n) is 2.18. The summed E-state index contributed by atoms with van der Waals surface area (Å²) in [6.45, 7) is 1.87. The van der Waals surface area contributed by atoms with Crippen molar-refractivity contribution in [2.45, 2.75) is 6.92 Å². The highest BCUT2D eigenvalue weighted by atomic mass is 32.1. The number of benzene rings is 1. The van der Waals surface area contributed by atoms with Crippen molar-refractivity contribution < 1.29 is 4.79 Å². The molecule has 0 unspecified atom stereocenters. The Morgan fingerprint density at radius 3 is 2.87 bits per heavy atom. The number of hydrogen-bond donors (Lipinski definition) is 1. The molecule has 3 nitrogen and oxygen atoms in total. The van der Waals surface area contributed by atoms with E-state index in [1.165, 1.54) is 11.3 Å². The quantitative estimate of drug-likeness (QED) is 0.840. The van der Waals surface area contributed by atoms with Crippen molar-refractivity contribution in [3.63, 3.8) is 0 Å². The van der Waals surface area contributed by atoms with Crippen LogP contribution in [-0.4, -0.2) is 10.9 Å². The van der Waals surface area contributed by atoms with Crippen LogP contribution in [0, 0.1) is 6.92 Å². The monoisotopic (exact) mass is 218 g/mol. The molecule has 2 N–H and O–H groups in total. The fourth-order valence-corrected chi connectivity index (χ4v) is 2.02. The van der Waals surface area contributed by atoms with E-state index in [0.29, 0.717) is 5.56 Å². The van der Waals surface area contributed by atoms with Crippen LogP contribution in [0.15, 0.2) is 29.8 Å². The maximum atomic E-state index is 11.1. The Hall–Kier alpha value is -1.68. The van der Waals surface area contributed by atoms with Crippen molar-refractivity contribution in [3.05, 3.63) is 40.9 Å². The normalized spacial score (nSPS) is 10.2. The summed E-state index contributed by atoms with van der Waals surface area (Å²) in [5.74, 6) is -0.397. The predicted molar refractivity (Wildman–Crippen MR) is 60.8 cm³/mol. The lowest BCUT2D eigenvalue weighted by atomic mass is 10.1. The van der Waals surface area contributed by atoms with Crippen molar-refractivity contribution in [3.8, 4) is 10.6 Å². The second kappa shape index (κ2) is 3.82. The lowest BCUT2D eigenvalue weighted by Crippen LogP contribution is -2.12. The number of aryl methyl sites for hydroxylation is 1. The summed E-state index contributed by atoms with van der Waals surface area (Å²) in [5.41, 5.74) is 7.67. The summed E-state index contributed by atoms with van der Waals surface area (Å²) < 4.78 is 0. The van der Waals surface area contributed by atoms with Crippen LogP contribution >= 0.6 is 11.3 Å². The third kappa shape index (κ3) is 1.89. The first kappa shape index (κ1) is 9.86. The van der Waals surface area contributed by atoms with E-state index in [2.05, 4.69) is 4.98 Å². The van der Waals surface area contributed by atoms with Crippen LogP contribution in [0.5, 0.6) is 0 Å². The number of nitrogens with zero attached hydrogens (tertiary/aromatic N) is 1. The number of nitrogens with two attached hydrogens (primary N) is 1. The van der Waals surface area contributed by atoms with Gasteiger partial charge >= 0.3 is 0 Å². The van der Waals surface area contributed by atoms with Crippen LogP contribution in [-0.2, 0) is 0 Å². The van der Waals surface area contributed by atoms with Crippen LogP contribution < -0.4 is 5.73 Å². The average molecular weight is 218 g/mol. The Bertz CT molecular complexity index is 491. The number of hydrogen-bond acceptors (Lipinski definition) is 3. The molecule has 1 aromatic carbocycles. The molecule has 0 saturated heterocycles. The molecule has 2 aromatic rings. The Kier molecular flexibility index (Phi) is 2.51. The number of thiazole rings is 1. The van der Waals surface area contributed by atoms with Crippen LogP contribution in [0.4, 0.5) is 0 Å². The number of rotatable bonds is 2. The van der Waals surface area contributed by atoms with Gasteiger partial charge in [0.1, 0.15) is 5.01 Å². The molecule has 1 heterocycles. The number of aromatic nitrogens is 1. The van der Waals surface area contributed by atoms with Crippen LogP contribution in [0.25, 0.3) is 10.6 Å². The maximum absolute atomic E-state index is 11.1. The van der Waals surface area contributed by atoms with Crippen molar-refractivity contribution >= 4 is 17.2 Å². The molecule has 0 bridgehead atoms. The van der Waals surface area contributed by atoms with Gasteiger partial charge in [0.2, 0.25) is 5.91 Å². The van der Waals surface area contributed by atoms with E-state index < -0.39 is 5.91 Å². The van der Waals surface area contributed by atoms with E-state index in [1.54, 1.807) is 12.3 Å². The first-order chi connectivity index (χ1) is 7.18. The van der Waals surface area contributed by atoms with E-state index in [1.807, 2.05) is 24.4 Å².